The molecule has 2 aromatic rings. The molecule has 0 unspecified atom stereocenters. The van der Waals surface area contributed by atoms with Gasteiger partial charge in [0, 0.05) is 37.9 Å². The molecule has 0 spiro atoms. The summed E-state index contributed by atoms with van der Waals surface area (Å²) < 4.78 is 29.0. The smallest absolute Gasteiger partial charge is 0.243 e. The number of carbonyl (C=O) groups excluding carboxylic acids is 1. The number of amides is 1. The number of thioether (sulfide) groups is 1. The number of aromatic nitrogens is 3. The van der Waals surface area contributed by atoms with Crippen LogP contribution in [0.25, 0.3) is 0 Å². The Morgan fingerprint density at radius 1 is 1.00 bits per heavy atom. The van der Waals surface area contributed by atoms with Crippen molar-refractivity contribution in [1.82, 2.24) is 19.1 Å². The number of anilines is 2. The molecule has 2 aliphatic heterocycles. The highest BCUT2D eigenvalue weighted by Gasteiger charge is 2.32. The molecule has 0 radical (unpaired) electrons. The van der Waals surface area contributed by atoms with Gasteiger partial charge in [0.1, 0.15) is 0 Å². The predicted octanol–water partition coefficient (Wildman–Crippen LogP) is 2.73. The third-order valence-electron chi connectivity index (χ3n) is 6.12. The van der Waals surface area contributed by atoms with Crippen LogP contribution < -0.4 is 10.2 Å². The van der Waals surface area contributed by atoms with Crippen LogP contribution in [-0.2, 0) is 14.8 Å². The van der Waals surface area contributed by atoms with E-state index >= 15 is 0 Å². The monoisotopic (exact) mass is 476 g/mol. The third kappa shape index (κ3) is 4.51. The highest BCUT2D eigenvalue weighted by Crippen LogP contribution is 2.41. The lowest BCUT2D eigenvalue weighted by Gasteiger charge is -2.18. The van der Waals surface area contributed by atoms with E-state index in [1.165, 1.54) is 28.9 Å². The summed E-state index contributed by atoms with van der Waals surface area (Å²) >= 11 is 1.39. The Kier molecular flexibility index (Phi) is 6.13. The van der Waals surface area contributed by atoms with Crippen LogP contribution in [-0.4, -0.2) is 65.3 Å². The molecule has 1 N–H and O–H groups in total. The van der Waals surface area contributed by atoms with E-state index < -0.39 is 10.0 Å². The normalized spacial score (nSPS) is 19.6. The number of rotatable bonds is 8. The van der Waals surface area contributed by atoms with Crippen molar-refractivity contribution in [1.29, 1.82) is 0 Å². The molecular formula is C21H28N6O3S2. The second-order valence-corrected chi connectivity index (χ2v) is 11.4. The summed E-state index contributed by atoms with van der Waals surface area (Å²) in [6.07, 6.45) is 6.43. The van der Waals surface area contributed by atoms with E-state index in [4.69, 9.17) is 0 Å². The van der Waals surface area contributed by atoms with Crippen molar-refractivity contribution in [3.63, 3.8) is 0 Å². The van der Waals surface area contributed by atoms with Crippen LogP contribution in [0.5, 0.6) is 0 Å². The lowest BCUT2D eigenvalue weighted by molar-refractivity contribution is -0.113. The van der Waals surface area contributed by atoms with Crippen molar-refractivity contribution < 1.29 is 13.2 Å². The molecule has 11 heteroatoms. The fourth-order valence-electron chi connectivity index (χ4n) is 4.27. The number of carbonyl (C=O) groups is 1. The first kappa shape index (κ1) is 21.7. The van der Waals surface area contributed by atoms with Crippen molar-refractivity contribution >= 4 is 39.3 Å². The zero-order valence-corrected chi connectivity index (χ0v) is 19.6. The molecule has 3 aliphatic rings. The van der Waals surface area contributed by atoms with Crippen molar-refractivity contribution in [3.05, 3.63) is 24.3 Å². The third-order valence-corrected chi connectivity index (χ3v) is 8.98. The van der Waals surface area contributed by atoms with Crippen molar-refractivity contribution in [2.24, 2.45) is 0 Å². The molecule has 3 fully saturated rings. The first-order valence-electron chi connectivity index (χ1n) is 11.2. The Morgan fingerprint density at radius 2 is 1.66 bits per heavy atom. The molecule has 1 amide bonds. The summed E-state index contributed by atoms with van der Waals surface area (Å²) in [6.45, 7) is 3.17. The topological polar surface area (TPSA) is 100 Å². The van der Waals surface area contributed by atoms with Gasteiger partial charge in [0.05, 0.1) is 10.6 Å². The average molecular weight is 477 g/mol. The molecule has 1 aliphatic carbocycles. The Labute approximate surface area is 192 Å². The Hall–Kier alpha value is -2.11. The van der Waals surface area contributed by atoms with E-state index in [1.54, 1.807) is 24.3 Å². The van der Waals surface area contributed by atoms with Gasteiger partial charge in [-0.15, -0.1) is 10.2 Å². The first-order chi connectivity index (χ1) is 15.5. The van der Waals surface area contributed by atoms with Gasteiger partial charge in [-0.2, -0.15) is 4.31 Å². The molecule has 2 saturated heterocycles. The summed E-state index contributed by atoms with van der Waals surface area (Å²) in [4.78, 5) is 15.1. The van der Waals surface area contributed by atoms with Crippen molar-refractivity contribution in [2.75, 3.05) is 42.1 Å². The fourth-order valence-corrected chi connectivity index (χ4v) is 6.59. The molecule has 1 saturated carbocycles. The fraction of sp³-hybridized carbons (Fsp3) is 0.571. The number of nitrogens with one attached hydrogen (secondary N) is 1. The predicted molar refractivity (Wildman–Crippen MR) is 124 cm³/mol. The minimum absolute atomic E-state index is 0.154. The number of hydrogen-bond acceptors (Lipinski definition) is 7. The number of nitrogens with zero attached hydrogens (tertiary/aromatic N) is 5. The quantitative estimate of drug-likeness (QED) is 0.585. The maximum Gasteiger partial charge on any atom is 0.243 e. The van der Waals surface area contributed by atoms with Crippen LogP contribution in [0.1, 0.15) is 44.6 Å². The number of sulfonamides is 1. The van der Waals surface area contributed by atoms with Crippen LogP contribution in [0.15, 0.2) is 34.3 Å². The van der Waals surface area contributed by atoms with Gasteiger partial charge in [0.2, 0.25) is 21.9 Å². The minimum atomic E-state index is -3.45. The maximum atomic E-state index is 12.6. The molecule has 9 nitrogen and oxygen atoms in total. The van der Waals surface area contributed by atoms with E-state index in [0.717, 1.165) is 49.9 Å². The van der Waals surface area contributed by atoms with Crippen LogP contribution >= 0.6 is 11.8 Å². The minimum Gasteiger partial charge on any atom is -0.341 e. The van der Waals surface area contributed by atoms with E-state index in [2.05, 4.69) is 25.0 Å². The average Bonchev–Trinajstić information content (AvgIpc) is 3.23. The molecule has 0 bridgehead atoms. The summed E-state index contributed by atoms with van der Waals surface area (Å²) in [5, 5.41) is 12.4. The van der Waals surface area contributed by atoms with Crippen LogP contribution in [0.2, 0.25) is 0 Å². The van der Waals surface area contributed by atoms with Crippen LogP contribution in [0.3, 0.4) is 0 Å². The second kappa shape index (κ2) is 9.03. The van der Waals surface area contributed by atoms with E-state index in [-0.39, 0.29) is 16.6 Å². The van der Waals surface area contributed by atoms with Crippen LogP contribution in [0, 0.1) is 0 Å². The number of benzene rings is 1. The summed E-state index contributed by atoms with van der Waals surface area (Å²) in [6, 6.07) is 6.84. The zero-order valence-electron chi connectivity index (χ0n) is 17.9. The SMILES string of the molecule is O=C(CSc1nnc(N2CCCC2)n1C1CC1)Nc1ccc(S(=O)(=O)N2CCCC2)cc1. The van der Waals surface area contributed by atoms with Gasteiger partial charge in [-0.3, -0.25) is 9.36 Å². The summed E-state index contributed by atoms with van der Waals surface area (Å²) in [5.74, 6) is 1.000. The van der Waals surface area contributed by atoms with Gasteiger partial charge < -0.3 is 10.2 Å². The molecule has 1 aromatic carbocycles. The molecule has 5 rings (SSSR count). The largest absolute Gasteiger partial charge is 0.341 e. The zero-order chi connectivity index (χ0) is 22.1. The molecule has 1 aromatic heterocycles. The standard InChI is InChI=1S/C21H28N6O3S2/c28-19(22-16-5-9-18(10-6-16)32(29,30)26-13-3-4-14-26)15-31-21-24-23-20(25-11-1-2-12-25)27(21)17-7-8-17/h5-6,9-10,17H,1-4,7-8,11-15H2,(H,22,28). The van der Waals surface area contributed by atoms with Gasteiger partial charge in [-0.25, -0.2) is 8.42 Å². The van der Waals surface area contributed by atoms with Crippen molar-refractivity contribution in [2.45, 2.75) is 54.6 Å². The Bertz CT molecular complexity index is 1070. The van der Waals surface area contributed by atoms with Gasteiger partial charge >= 0.3 is 0 Å². The molecule has 32 heavy (non-hydrogen) atoms. The van der Waals surface area contributed by atoms with E-state index in [1.807, 2.05) is 0 Å². The van der Waals surface area contributed by atoms with Gasteiger partial charge in [0.25, 0.3) is 0 Å². The van der Waals surface area contributed by atoms with Gasteiger partial charge in [-0.05, 0) is 62.8 Å². The first-order valence-corrected chi connectivity index (χ1v) is 13.7. The lowest BCUT2D eigenvalue weighted by atomic mass is 10.3. The lowest BCUT2D eigenvalue weighted by Crippen LogP contribution is -2.27. The van der Waals surface area contributed by atoms with E-state index in [9.17, 15) is 13.2 Å². The summed E-state index contributed by atoms with van der Waals surface area (Å²) in [7, 11) is -3.45. The Balaban J connectivity index is 1.20. The molecule has 0 atom stereocenters. The second-order valence-electron chi connectivity index (χ2n) is 8.55. The van der Waals surface area contributed by atoms with Gasteiger partial charge in [0.15, 0.2) is 5.16 Å². The van der Waals surface area contributed by atoms with Gasteiger partial charge in [-0.1, -0.05) is 11.8 Å². The number of hydrogen-bond donors (Lipinski definition) is 1. The molecular weight excluding hydrogens is 448 g/mol. The van der Waals surface area contributed by atoms with Crippen LogP contribution in [0.4, 0.5) is 11.6 Å². The van der Waals surface area contributed by atoms with E-state index in [0.29, 0.717) is 24.8 Å². The highest BCUT2D eigenvalue weighted by atomic mass is 32.2. The van der Waals surface area contributed by atoms with Crippen molar-refractivity contribution in [3.8, 4) is 0 Å². The Morgan fingerprint density at radius 3 is 2.31 bits per heavy atom. The highest BCUT2D eigenvalue weighted by molar-refractivity contribution is 7.99. The summed E-state index contributed by atoms with van der Waals surface area (Å²) in [5.41, 5.74) is 0.581. The molecule has 172 valence electrons. The molecule has 3 heterocycles. The maximum absolute atomic E-state index is 12.6.